The van der Waals surface area contributed by atoms with Gasteiger partial charge in [0.25, 0.3) is 0 Å². The summed E-state index contributed by atoms with van der Waals surface area (Å²) < 4.78 is 36.4. The van der Waals surface area contributed by atoms with Crippen LogP contribution in [-0.4, -0.2) is 55.6 Å². The van der Waals surface area contributed by atoms with E-state index in [0.29, 0.717) is 41.2 Å². The van der Waals surface area contributed by atoms with Crippen LogP contribution in [0.2, 0.25) is 0 Å². The largest absolute Gasteiger partial charge is 0.496 e. The maximum Gasteiger partial charge on any atom is 0.225 e. The van der Waals surface area contributed by atoms with Crippen molar-refractivity contribution in [3.8, 4) is 28.3 Å². The number of β-amino-alcohol motifs (C(OH)–C–C–N with tert-alkyl or cyclic N) is 1. The van der Waals surface area contributed by atoms with Gasteiger partial charge in [0.05, 0.1) is 18.3 Å². The van der Waals surface area contributed by atoms with Crippen molar-refractivity contribution in [2.24, 2.45) is 13.0 Å². The molecule has 2 fully saturated rings. The molecule has 1 unspecified atom stereocenters. The van der Waals surface area contributed by atoms with E-state index in [9.17, 15) is 13.9 Å². The third-order valence-electron chi connectivity index (χ3n) is 7.45. The quantitative estimate of drug-likeness (QED) is 0.323. The lowest BCUT2D eigenvalue weighted by Crippen LogP contribution is -2.35. The minimum Gasteiger partial charge on any atom is -0.496 e. The molecule has 1 atom stereocenters. The molecule has 4 N–H and O–H groups in total. The molecule has 6 rings (SSSR count). The summed E-state index contributed by atoms with van der Waals surface area (Å²) in [6.45, 7) is 1.29. The average molecular weight is 535 g/mol. The predicted molar refractivity (Wildman–Crippen MR) is 143 cm³/mol. The smallest absolute Gasteiger partial charge is 0.225 e. The van der Waals surface area contributed by atoms with Crippen LogP contribution in [0.25, 0.3) is 22.5 Å². The van der Waals surface area contributed by atoms with Crippen molar-refractivity contribution >= 4 is 23.3 Å². The number of benzene rings is 1. The Morgan fingerprint density at radius 2 is 1.95 bits per heavy atom. The Hall–Kier alpha value is -4.32. The van der Waals surface area contributed by atoms with E-state index in [2.05, 4.69) is 30.3 Å². The second-order valence-corrected chi connectivity index (χ2v) is 10.1. The number of nitrogens with zero attached hydrogens (tertiary/aromatic N) is 6. The lowest BCUT2D eigenvalue weighted by Gasteiger charge is -2.24. The molecule has 1 aromatic carbocycles. The SMILES string of the molecule is COc1cc(N2CCC(O)(C3CC3)C2)ncc1-c1nc(Nc2ccc(-c3ccnc(N)c3F)c(F)c2)n(C)n1. The van der Waals surface area contributed by atoms with Gasteiger partial charge in [-0.15, -0.1) is 5.10 Å². The van der Waals surface area contributed by atoms with E-state index in [1.807, 2.05) is 6.07 Å². The van der Waals surface area contributed by atoms with E-state index in [1.54, 1.807) is 26.4 Å². The Labute approximate surface area is 223 Å². The number of anilines is 4. The zero-order valence-corrected chi connectivity index (χ0v) is 21.5. The van der Waals surface area contributed by atoms with E-state index in [1.165, 1.54) is 29.1 Å². The molecule has 0 spiro atoms. The molecule has 4 heterocycles. The molecule has 1 aliphatic heterocycles. The third-order valence-corrected chi connectivity index (χ3v) is 7.45. The summed E-state index contributed by atoms with van der Waals surface area (Å²) in [6.07, 6.45) is 5.88. The number of ether oxygens (including phenoxy) is 1. The average Bonchev–Trinajstić information content (AvgIpc) is 3.63. The fourth-order valence-corrected chi connectivity index (χ4v) is 5.12. The van der Waals surface area contributed by atoms with Crippen LogP contribution in [0, 0.1) is 17.6 Å². The monoisotopic (exact) mass is 534 g/mol. The maximum atomic E-state index is 14.9. The third kappa shape index (κ3) is 4.60. The van der Waals surface area contributed by atoms with Crippen molar-refractivity contribution in [1.29, 1.82) is 0 Å². The van der Waals surface area contributed by atoms with Gasteiger partial charge in [-0.25, -0.2) is 23.4 Å². The normalized spacial score (nSPS) is 18.9. The second kappa shape index (κ2) is 9.45. The van der Waals surface area contributed by atoms with Crippen LogP contribution in [0.1, 0.15) is 19.3 Å². The minimum absolute atomic E-state index is 0.0293. The van der Waals surface area contributed by atoms with Crippen LogP contribution < -0.4 is 20.7 Å². The van der Waals surface area contributed by atoms with Gasteiger partial charge in [0, 0.05) is 55.4 Å². The van der Waals surface area contributed by atoms with Gasteiger partial charge in [0.2, 0.25) is 5.95 Å². The molecule has 2 aliphatic rings. The van der Waals surface area contributed by atoms with Gasteiger partial charge in [-0.2, -0.15) is 4.98 Å². The number of halogens is 2. The number of nitrogen functional groups attached to an aromatic ring is 1. The van der Waals surface area contributed by atoms with Crippen molar-refractivity contribution < 1.29 is 18.6 Å². The second-order valence-electron chi connectivity index (χ2n) is 10.1. The molecule has 12 heteroatoms. The van der Waals surface area contributed by atoms with Gasteiger partial charge in [0.1, 0.15) is 17.4 Å². The number of hydrogen-bond donors (Lipinski definition) is 3. The summed E-state index contributed by atoms with van der Waals surface area (Å²) in [5.74, 6) is 0.689. The van der Waals surface area contributed by atoms with E-state index in [4.69, 9.17) is 10.5 Å². The van der Waals surface area contributed by atoms with Crippen molar-refractivity contribution in [3.05, 3.63) is 54.4 Å². The van der Waals surface area contributed by atoms with Crippen LogP contribution in [0.3, 0.4) is 0 Å². The summed E-state index contributed by atoms with van der Waals surface area (Å²) >= 11 is 0. The van der Waals surface area contributed by atoms with Crippen molar-refractivity contribution in [2.75, 3.05) is 36.1 Å². The Balaban J connectivity index is 1.22. The van der Waals surface area contributed by atoms with E-state index < -0.39 is 17.2 Å². The molecule has 4 aromatic rings. The first kappa shape index (κ1) is 25.0. The van der Waals surface area contributed by atoms with Crippen LogP contribution in [0.15, 0.2) is 42.7 Å². The molecular formula is C27H28F2N8O2. The number of nitrogens with two attached hydrogens (primary N) is 1. The first-order valence-electron chi connectivity index (χ1n) is 12.7. The lowest BCUT2D eigenvalue weighted by molar-refractivity contribution is 0.0400. The van der Waals surface area contributed by atoms with Gasteiger partial charge >= 0.3 is 0 Å². The summed E-state index contributed by atoms with van der Waals surface area (Å²) in [6, 6.07) is 7.52. The van der Waals surface area contributed by atoms with Crippen molar-refractivity contribution in [2.45, 2.75) is 24.9 Å². The molecule has 0 bridgehead atoms. The number of pyridine rings is 2. The maximum absolute atomic E-state index is 14.9. The van der Waals surface area contributed by atoms with Gasteiger partial charge in [-0.05, 0) is 49.4 Å². The molecule has 39 heavy (non-hydrogen) atoms. The predicted octanol–water partition coefficient (Wildman–Crippen LogP) is 3.90. The van der Waals surface area contributed by atoms with Gasteiger partial charge in [-0.1, -0.05) is 0 Å². The topological polar surface area (TPSA) is 127 Å². The first-order valence-corrected chi connectivity index (χ1v) is 12.7. The summed E-state index contributed by atoms with van der Waals surface area (Å²) in [7, 11) is 3.27. The van der Waals surface area contributed by atoms with Crippen LogP contribution in [0.4, 0.5) is 32.1 Å². The minimum atomic E-state index is -0.771. The van der Waals surface area contributed by atoms with Crippen LogP contribution >= 0.6 is 0 Å². The van der Waals surface area contributed by atoms with Crippen LogP contribution in [-0.2, 0) is 7.05 Å². The van der Waals surface area contributed by atoms with Crippen molar-refractivity contribution in [1.82, 2.24) is 24.7 Å². The Morgan fingerprint density at radius 3 is 2.69 bits per heavy atom. The zero-order valence-electron chi connectivity index (χ0n) is 21.5. The molecule has 1 saturated heterocycles. The fourth-order valence-electron chi connectivity index (χ4n) is 5.12. The van der Waals surface area contributed by atoms with Gasteiger partial charge < -0.3 is 25.8 Å². The number of aryl methyl sites for hydroxylation is 1. The highest BCUT2D eigenvalue weighted by Gasteiger charge is 2.48. The fraction of sp³-hybridized carbons (Fsp3) is 0.333. The lowest BCUT2D eigenvalue weighted by atomic mass is 9.97. The highest BCUT2D eigenvalue weighted by molar-refractivity contribution is 5.71. The van der Waals surface area contributed by atoms with E-state index in [-0.39, 0.29) is 16.9 Å². The molecule has 0 radical (unpaired) electrons. The van der Waals surface area contributed by atoms with E-state index >= 15 is 0 Å². The van der Waals surface area contributed by atoms with Gasteiger partial charge in [-0.3, -0.25) is 0 Å². The molecular weight excluding hydrogens is 506 g/mol. The number of hydrogen-bond acceptors (Lipinski definition) is 9. The number of methoxy groups -OCH3 is 1. The highest BCUT2D eigenvalue weighted by Crippen LogP contribution is 2.45. The van der Waals surface area contributed by atoms with Crippen molar-refractivity contribution in [3.63, 3.8) is 0 Å². The highest BCUT2D eigenvalue weighted by atomic mass is 19.1. The summed E-state index contributed by atoms with van der Waals surface area (Å²) in [5, 5.41) is 18.4. The summed E-state index contributed by atoms with van der Waals surface area (Å²) in [5.41, 5.74) is 5.97. The molecule has 0 amide bonds. The Morgan fingerprint density at radius 1 is 1.13 bits per heavy atom. The molecule has 1 aliphatic carbocycles. The molecule has 3 aromatic heterocycles. The Kier molecular flexibility index (Phi) is 6.06. The zero-order chi connectivity index (χ0) is 27.3. The first-order chi connectivity index (χ1) is 18.8. The number of aliphatic hydroxyl groups is 1. The van der Waals surface area contributed by atoms with E-state index in [0.717, 1.165) is 31.6 Å². The van der Waals surface area contributed by atoms with Crippen LogP contribution in [0.5, 0.6) is 5.75 Å². The number of aromatic nitrogens is 5. The number of rotatable bonds is 7. The summed E-state index contributed by atoms with van der Waals surface area (Å²) in [4.78, 5) is 14.9. The number of nitrogens with one attached hydrogen (secondary N) is 1. The molecule has 10 nitrogen and oxygen atoms in total. The Bertz CT molecular complexity index is 1560. The standard InChI is InChI=1S/C27H28F2N8O2/c1-36-26(33-16-5-6-17(20(28)11-16)18-7-9-31-24(30)23(18)29)34-25(35-36)19-13-32-22(12-21(19)39-2)37-10-8-27(38,14-37)15-3-4-15/h5-7,9,11-13,15,38H,3-4,8,10,14H2,1-2H3,(H2,30,31)(H,33,34,35). The molecule has 1 saturated carbocycles. The van der Waals surface area contributed by atoms with Gasteiger partial charge in [0.15, 0.2) is 17.5 Å². The molecule has 202 valence electrons.